The van der Waals surface area contributed by atoms with Crippen molar-refractivity contribution in [2.45, 2.75) is 17.9 Å². The van der Waals surface area contributed by atoms with Gasteiger partial charge in [0.15, 0.2) is 0 Å². The molecule has 0 atom stereocenters. The summed E-state index contributed by atoms with van der Waals surface area (Å²) in [6, 6.07) is 3.58. The van der Waals surface area contributed by atoms with Crippen LogP contribution in [0.2, 0.25) is 0 Å². The Bertz CT molecular complexity index is 491. The average molecular weight is 293 g/mol. The molecule has 0 aliphatic rings. The molecule has 0 radical (unpaired) electrons. The van der Waals surface area contributed by atoms with Crippen LogP contribution in [0.1, 0.15) is 12.0 Å². The predicted octanol–water partition coefficient (Wildman–Crippen LogP) is 1.35. The van der Waals surface area contributed by atoms with Crippen molar-refractivity contribution >= 4 is 21.8 Å². The van der Waals surface area contributed by atoms with Crippen LogP contribution in [0, 0.1) is 5.82 Å². The van der Waals surface area contributed by atoms with Crippen molar-refractivity contribution in [1.82, 2.24) is 4.72 Å². The molecule has 0 saturated heterocycles. The Hall–Kier alpha value is -0.630. The fourth-order valence-corrected chi connectivity index (χ4v) is 2.93. The molecule has 7 heteroatoms. The predicted molar refractivity (Wildman–Crippen MR) is 70.5 cm³/mol. The lowest BCUT2D eigenvalue weighted by Gasteiger charge is -2.08. The van der Waals surface area contributed by atoms with E-state index in [0.29, 0.717) is 12.0 Å². The monoisotopic (exact) mass is 293 g/mol. The van der Waals surface area contributed by atoms with E-state index >= 15 is 0 Å². The summed E-state index contributed by atoms with van der Waals surface area (Å²) in [5.41, 5.74) is 0.342. The first-order chi connectivity index (χ1) is 8.51. The highest BCUT2D eigenvalue weighted by Crippen LogP contribution is 2.16. The summed E-state index contributed by atoms with van der Waals surface area (Å²) in [6.45, 7) is -0.0389. The van der Waals surface area contributed by atoms with Gasteiger partial charge in [0, 0.05) is 6.54 Å². The number of sulfonamides is 1. The van der Waals surface area contributed by atoms with Gasteiger partial charge in [-0.05, 0) is 36.1 Å². The maximum atomic E-state index is 13.6. The highest BCUT2D eigenvalue weighted by molar-refractivity contribution is 7.98. The number of aliphatic hydroxyl groups is 1. The Balaban J connectivity index is 2.78. The number of rotatable bonds is 7. The van der Waals surface area contributed by atoms with Gasteiger partial charge < -0.3 is 5.11 Å². The smallest absolute Gasteiger partial charge is 0.243 e. The molecule has 0 aliphatic carbocycles. The normalized spacial score (nSPS) is 11.7. The minimum atomic E-state index is -3.81. The van der Waals surface area contributed by atoms with Gasteiger partial charge in [0.05, 0.1) is 6.61 Å². The summed E-state index contributed by atoms with van der Waals surface area (Å²) >= 11 is 1.62. The number of halogens is 1. The quantitative estimate of drug-likeness (QED) is 0.745. The number of hydrogen-bond acceptors (Lipinski definition) is 4. The topological polar surface area (TPSA) is 66.4 Å². The van der Waals surface area contributed by atoms with E-state index in [1.807, 2.05) is 6.26 Å². The van der Waals surface area contributed by atoms with E-state index in [2.05, 4.69) is 4.72 Å². The third-order valence-electron chi connectivity index (χ3n) is 2.29. The van der Waals surface area contributed by atoms with Crippen molar-refractivity contribution < 1.29 is 17.9 Å². The van der Waals surface area contributed by atoms with Gasteiger partial charge in [-0.2, -0.15) is 11.8 Å². The maximum Gasteiger partial charge on any atom is 0.243 e. The van der Waals surface area contributed by atoms with Crippen LogP contribution in [0.5, 0.6) is 0 Å². The summed E-state index contributed by atoms with van der Waals surface area (Å²) in [6.07, 6.45) is 2.62. The molecule has 0 bridgehead atoms. The summed E-state index contributed by atoms with van der Waals surface area (Å²) < 4.78 is 39.5. The number of thioether (sulfide) groups is 1. The van der Waals surface area contributed by atoms with Gasteiger partial charge in [-0.15, -0.1) is 0 Å². The minimum absolute atomic E-state index is 0.282. The summed E-state index contributed by atoms with van der Waals surface area (Å²) in [5, 5.41) is 8.82. The van der Waals surface area contributed by atoms with E-state index in [4.69, 9.17) is 5.11 Å². The number of nitrogens with one attached hydrogen (secondary N) is 1. The zero-order valence-corrected chi connectivity index (χ0v) is 11.7. The lowest BCUT2D eigenvalue weighted by Crippen LogP contribution is -2.26. The van der Waals surface area contributed by atoms with Crippen molar-refractivity contribution in [1.29, 1.82) is 0 Å². The third kappa shape index (κ3) is 4.24. The summed E-state index contributed by atoms with van der Waals surface area (Å²) in [7, 11) is -3.81. The molecule has 102 valence electrons. The second kappa shape index (κ2) is 7.08. The summed E-state index contributed by atoms with van der Waals surface area (Å²) in [4.78, 5) is -0.385. The first-order valence-electron chi connectivity index (χ1n) is 5.39. The fourth-order valence-electron chi connectivity index (χ4n) is 1.36. The molecular formula is C11H16FNO3S2. The highest BCUT2D eigenvalue weighted by Gasteiger charge is 2.18. The Morgan fingerprint density at radius 3 is 2.72 bits per heavy atom. The zero-order chi connectivity index (χ0) is 13.6. The van der Waals surface area contributed by atoms with Crippen LogP contribution in [-0.2, 0) is 16.6 Å². The van der Waals surface area contributed by atoms with Crippen LogP contribution in [-0.4, -0.2) is 32.1 Å². The van der Waals surface area contributed by atoms with E-state index in [-0.39, 0.29) is 18.0 Å². The maximum absolute atomic E-state index is 13.6. The van der Waals surface area contributed by atoms with Gasteiger partial charge in [-0.25, -0.2) is 17.5 Å². The van der Waals surface area contributed by atoms with Crippen molar-refractivity contribution in [2.75, 3.05) is 18.6 Å². The van der Waals surface area contributed by atoms with E-state index < -0.39 is 15.8 Å². The SMILES string of the molecule is CSCCCNS(=O)(=O)c1ccc(CO)cc1F. The lowest BCUT2D eigenvalue weighted by atomic mass is 10.2. The molecule has 1 aromatic carbocycles. The van der Waals surface area contributed by atoms with Crippen molar-refractivity contribution in [3.05, 3.63) is 29.6 Å². The van der Waals surface area contributed by atoms with E-state index in [9.17, 15) is 12.8 Å². The minimum Gasteiger partial charge on any atom is -0.392 e. The van der Waals surface area contributed by atoms with Crippen molar-refractivity contribution in [2.24, 2.45) is 0 Å². The molecule has 1 rings (SSSR count). The molecule has 0 unspecified atom stereocenters. The van der Waals surface area contributed by atoms with Crippen LogP contribution in [0.15, 0.2) is 23.1 Å². The lowest BCUT2D eigenvalue weighted by molar-refractivity contribution is 0.281. The fraction of sp³-hybridized carbons (Fsp3) is 0.455. The molecule has 0 aliphatic heterocycles. The number of hydrogen-bond donors (Lipinski definition) is 2. The molecule has 0 amide bonds. The molecule has 18 heavy (non-hydrogen) atoms. The van der Waals surface area contributed by atoms with Gasteiger partial charge >= 0.3 is 0 Å². The van der Waals surface area contributed by atoms with Gasteiger partial charge in [0.2, 0.25) is 10.0 Å². The molecule has 0 aromatic heterocycles. The third-order valence-corrected chi connectivity index (χ3v) is 4.48. The molecular weight excluding hydrogens is 277 g/mol. The van der Waals surface area contributed by atoms with Crippen molar-refractivity contribution in [3.8, 4) is 0 Å². The summed E-state index contributed by atoms with van der Waals surface area (Å²) in [5.74, 6) is -0.00651. The molecule has 1 aromatic rings. The number of aliphatic hydroxyl groups excluding tert-OH is 1. The molecule has 0 saturated carbocycles. The first kappa shape index (κ1) is 15.4. The second-order valence-electron chi connectivity index (χ2n) is 3.67. The van der Waals surface area contributed by atoms with Gasteiger partial charge in [-0.1, -0.05) is 6.07 Å². The number of benzene rings is 1. The van der Waals surface area contributed by atoms with Gasteiger partial charge in [0.1, 0.15) is 10.7 Å². The van der Waals surface area contributed by atoms with Crippen molar-refractivity contribution in [3.63, 3.8) is 0 Å². The Kier molecular flexibility index (Phi) is 6.07. The standard InChI is InChI=1S/C11H16FNO3S2/c1-17-6-2-5-13-18(15,16)11-4-3-9(8-14)7-10(11)12/h3-4,7,13-14H,2,5-6,8H2,1H3. The van der Waals surface area contributed by atoms with Gasteiger partial charge in [0.25, 0.3) is 0 Å². The van der Waals surface area contributed by atoms with Gasteiger partial charge in [-0.3, -0.25) is 0 Å². The van der Waals surface area contributed by atoms with E-state index in [1.54, 1.807) is 11.8 Å². The van der Waals surface area contributed by atoms with Crippen LogP contribution < -0.4 is 4.72 Å². The Morgan fingerprint density at radius 2 is 2.17 bits per heavy atom. The Labute approximate surface area is 111 Å². The van der Waals surface area contributed by atoms with E-state index in [0.717, 1.165) is 17.9 Å². The molecule has 4 nitrogen and oxygen atoms in total. The first-order valence-corrected chi connectivity index (χ1v) is 8.27. The zero-order valence-electron chi connectivity index (χ0n) is 10.0. The molecule has 2 N–H and O–H groups in total. The van der Waals surface area contributed by atoms with Crippen LogP contribution in [0.4, 0.5) is 4.39 Å². The average Bonchev–Trinajstić information content (AvgIpc) is 2.34. The second-order valence-corrected chi connectivity index (χ2v) is 6.39. The largest absolute Gasteiger partial charge is 0.392 e. The Morgan fingerprint density at radius 1 is 1.44 bits per heavy atom. The molecule has 0 spiro atoms. The van der Waals surface area contributed by atoms with Crippen LogP contribution in [0.3, 0.4) is 0 Å². The van der Waals surface area contributed by atoms with Crippen LogP contribution >= 0.6 is 11.8 Å². The van der Waals surface area contributed by atoms with Crippen LogP contribution in [0.25, 0.3) is 0 Å². The highest BCUT2D eigenvalue weighted by atomic mass is 32.2. The molecule has 0 fully saturated rings. The van der Waals surface area contributed by atoms with E-state index in [1.165, 1.54) is 6.07 Å². The molecule has 0 heterocycles.